The summed E-state index contributed by atoms with van der Waals surface area (Å²) in [5.41, 5.74) is 8.03. The molecule has 0 unspecified atom stereocenters. The van der Waals surface area contributed by atoms with Crippen LogP contribution in [-0.4, -0.2) is 45.2 Å². The molecule has 0 aliphatic carbocycles. The minimum absolute atomic E-state index is 0. The van der Waals surface area contributed by atoms with Crippen molar-refractivity contribution in [3.05, 3.63) is 54.1 Å². The Balaban J connectivity index is 0.00000364. The first-order valence-electron chi connectivity index (χ1n) is 8.64. The zero-order valence-electron chi connectivity index (χ0n) is 16.1. The van der Waals surface area contributed by atoms with Crippen molar-refractivity contribution >= 4 is 35.6 Å². The van der Waals surface area contributed by atoms with Gasteiger partial charge in [-0.2, -0.15) is 0 Å². The van der Waals surface area contributed by atoms with Gasteiger partial charge in [0.05, 0.1) is 19.9 Å². The van der Waals surface area contributed by atoms with E-state index in [2.05, 4.69) is 46.5 Å². The fourth-order valence-electron chi connectivity index (χ4n) is 2.60. The Bertz CT molecular complexity index is 710. The number of hydrogen-bond donors (Lipinski definition) is 2. The predicted molar refractivity (Wildman–Crippen MR) is 122 cm³/mol. The highest BCUT2D eigenvalue weighted by Gasteiger charge is 2.06. The molecule has 2 aromatic rings. The molecule has 148 valence electrons. The van der Waals surface area contributed by atoms with E-state index in [1.807, 2.05) is 24.3 Å². The van der Waals surface area contributed by atoms with E-state index in [4.69, 9.17) is 15.2 Å². The fourth-order valence-corrected chi connectivity index (χ4v) is 2.60. The van der Waals surface area contributed by atoms with Gasteiger partial charge in [0.25, 0.3) is 0 Å². The molecule has 0 atom stereocenters. The molecule has 2 rings (SSSR count). The van der Waals surface area contributed by atoms with Crippen LogP contribution in [0.25, 0.3) is 0 Å². The molecule has 0 fully saturated rings. The van der Waals surface area contributed by atoms with Gasteiger partial charge in [-0.25, -0.2) is 0 Å². The van der Waals surface area contributed by atoms with E-state index in [0.717, 1.165) is 30.9 Å². The van der Waals surface area contributed by atoms with E-state index in [9.17, 15) is 0 Å². The van der Waals surface area contributed by atoms with Crippen LogP contribution in [0.4, 0.5) is 5.69 Å². The van der Waals surface area contributed by atoms with Crippen LogP contribution in [0.5, 0.6) is 11.5 Å². The lowest BCUT2D eigenvalue weighted by atomic mass is 10.2. The summed E-state index contributed by atoms with van der Waals surface area (Å²) in [6.45, 7) is 2.54. The molecular weight excluding hydrogens is 455 g/mol. The number of ether oxygens (including phenoxy) is 2. The molecule has 0 spiro atoms. The third-order valence-electron chi connectivity index (χ3n) is 3.94. The summed E-state index contributed by atoms with van der Waals surface area (Å²) >= 11 is 0. The Kier molecular flexibility index (Phi) is 10.6. The summed E-state index contributed by atoms with van der Waals surface area (Å²) in [6, 6.07) is 15.9. The van der Waals surface area contributed by atoms with E-state index in [-0.39, 0.29) is 24.0 Å². The normalized spacial score (nSPS) is 11.0. The fraction of sp³-hybridized carbons (Fsp3) is 0.350. The smallest absolute Gasteiger partial charge is 0.193 e. The lowest BCUT2D eigenvalue weighted by Crippen LogP contribution is -2.24. The Hall–Kier alpha value is -2.00. The van der Waals surface area contributed by atoms with E-state index >= 15 is 0 Å². The van der Waals surface area contributed by atoms with Crippen LogP contribution < -0.4 is 20.5 Å². The van der Waals surface area contributed by atoms with Crippen molar-refractivity contribution in [2.75, 3.05) is 39.7 Å². The number of hydrogen-bond acceptors (Lipinski definition) is 4. The monoisotopic (exact) mass is 484 g/mol. The third kappa shape index (κ3) is 8.04. The maximum absolute atomic E-state index is 5.99. The van der Waals surface area contributed by atoms with Gasteiger partial charge in [-0.3, -0.25) is 4.99 Å². The molecule has 2 aromatic carbocycles. The van der Waals surface area contributed by atoms with Crippen molar-refractivity contribution in [1.82, 2.24) is 4.90 Å². The second-order valence-corrected chi connectivity index (χ2v) is 6.04. The first-order chi connectivity index (χ1) is 12.6. The van der Waals surface area contributed by atoms with Crippen LogP contribution in [0.15, 0.2) is 53.5 Å². The van der Waals surface area contributed by atoms with Crippen LogP contribution in [0, 0.1) is 0 Å². The molecular formula is C20H29IN4O2. The van der Waals surface area contributed by atoms with Gasteiger partial charge in [0.15, 0.2) is 5.96 Å². The lowest BCUT2D eigenvalue weighted by Gasteiger charge is -2.16. The Labute approximate surface area is 178 Å². The molecule has 0 heterocycles. The van der Waals surface area contributed by atoms with Crippen molar-refractivity contribution in [3.63, 3.8) is 0 Å². The van der Waals surface area contributed by atoms with E-state index in [0.29, 0.717) is 18.3 Å². The second-order valence-electron chi connectivity index (χ2n) is 6.04. The maximum Gasteiger partial charge on any atom is 0.193 e. The molecule has 0 aliphatic heterocycles. The van der Waals surface area contributed by atoms with Crippen LogP contribution in [0.1, 0.15) is 12.0 Å². The first-order valence-corrected chi connectivity index (χ1v) is 8.64. The molecule has 0 aliphatic rings. The van der Waals surface area contributed by atoms with Crippen LogP contribution in [-0.2, 0) is 6.54 Å². The first kappa shape index (κ1) is 23.0. The van der Waals surface area contributed by atoms with Gasteiger partial charge in [-0.05, 0) is 37.7 Å². The SMILES string of the molecule is COc1ccc(OC)c(NC(N)=NCCCN(C)Cc2ccccc2)c1.I. The number of aliphatic imine (C=N–C) groups is 1. The largest absolute Gasteiger partial charge is 0.497 e. The number of halogens is 1. The van der Waals surface area contributed by atoms with Crippen LogP contribution in [0.2, 0.25) is 0 Å². The van der Waals surface area contributed by atoms with Gasteiger partial charge in [-0.15, -0.1) is 24.0 Å². The number of nitrogens with zero attached hydrogens (tertiary/aromatic N) is 2. The molecule has 0 saturated heterocycles. The van der Waals surface area contributed by atoms with Gasteiger partial charge in [0.1, 0.15) is 11.5 Å². The van der Waals surface area contributed by atoms with Gasteiger partial charge < -0.3 is 25.4 Å². The summed E-state index contributed by atoms with van der Waals surface area (Å²) < 4.78 is 10.6. The topological polar surface area (TPSA) is 72.1 Å². The number of nitrogens with two attached hydrogens (primary N) is 1. The average molecular weight is 484 g/mol. The molecule has 0 bridgehead atoms. The van der Waals surface area contributed by atoms with Gasteiger partial charge in [-0.1, -0.05) is 30.3 Å². The van der Waals surface area contributed by atoms with Crippen molar-refractivity contribution < 1.29 is 9.47 Å². The number of anilines is 1. The Morgan fingerprint density at radius 2 is 1.85 bits per heavy atom. The highest BCUT2D eigenvalue weighted by Crippen LogP contribution is 2.28. The molecule has 27 heavy (non-hydrogen) atoms. The number of methoxy groups -OCH3 is 2. The minimum Gasteiger partial charge on any atom is -0.497 e. The predicted octanol–water partition coefficient (Wildman–Crippen LogP) is 3.57. The summed E-state index contributed by atoms with van der Waals surface area (Å²) in [5, 5.41) is 3.07. The van der Waals surface area contributed by atoms with Gasteiger partial charge >= 0.3 is 0 Å². The summed E-state index contributed by atoms with van der Waals surface area (Å²) in [4.78, 5) is 6.67. The quantitative estimate of drug-likeness (QED) is 0.247. The maximum atomic E-state index is 5.99. The molecule has 0 aromatic heterocycles. The summed E-state index contributed by atoms with van der Waals surface area (Å²) in [5.74, 6) is 1.78. The average Bonchev–Trinajstić information content (AvgIpc) is 2.66. The number of guanidine groups is 1. The Morgan fingerprint density at radius 3 is 2.52 bits per heavy atom. The highest BCUT2D eigenvalue weighted by molar-refractivity contribution is 14.0. The van der Waals surface area contributed by atoms with E-state index < -0.39 is 0 Å². The summed E-state index contributed by atoms with van der Waals surface area (Å²) in [7, 11) is 5.34. The molecule has 7 heteroatoms. The van der Waals surface area contributed by atoms with Crippen molar-refractivity contribution in [2.45, 2.75) is 13.0 Å². The summed E-state index contributed by atoms with van der Waals surface area (Å²) in [6.07, 6.45) is 0.932. The van der Waals surface area contributed by atoms with Crippen LogP contribution in [0.3, 0.4) is 0 Å². The van der Waals surface area contributed by atoms with Gasteiger partial charge in [0, 0.05) is 19.2 Å². The third-order valence-corrected chi connectivity index (χ3v) is 3.94. The zero-order valence-corrected chi connectivity index (χ0v) is 18.5. The Morgan fingerprint density at radius 1 is 1.11 bits per heavy atom. The van der Waals surface area contributed by atoms with Crippen molar-refractivity contribution in [1.29, 1.82) is 0 Å². The molecule has 0 saturated carbocycles. The molecule has 0 radical (unpaired) electrons. The second kappa shape index (κ2) is 12.4. The van der Waals surface area contributed by atoms with Crippen molar-refractivity contribution in [3.8, 4) is 11.5 Å². The molecule has 0 amide bonds. The number of benzene rings is 2. The van der Waals surface area contributed by atoms with Gasteiger partial charge in [0.2, 0.25) is 0 Å². The minimum atomic E-state index is 0. The lowest BCUT2D eigenvalue weighted by molar-refractivity contribution is 0.324. The van der Waals surface area contributed by atoms with Crippen LogP contribution >= 0.6 is 24.0 Å². The molecule has 6 nitrogen and oxygen atoms in total. The van der Waals surface area contributed by atoms with E-state index in [1.165, 1.54) is 5.56 Å². The number of rotatable bonds is 9. The van der Waals surface area contributed by atoms with Crippen molar-refractivity contribution in [2.24, 2.45) is 10.7 Å². The van der Waals surface area contributed by atoms with E-state index in [1.54, 1.807) is 14.2 Å². The number of nitrogens with one attached hydrogen (secondary N) is 1. The zero-order chi connectivity index (χ0) is 18.8. The highest BCUT2D eigenvalue weighted by atomic mass is 127. The molecule has 3 N–H and O–H groups in total. The standard InChI is InChI=1S/C20H28N4O2.HI/c1-24(15-16-8-5-4-6-9-16)13-7-12-22-20(21)23-18-14-17(25-2)10-11-19(18)26-3;/h4-6,8-11,14H,7,12-13,15H2,1-3H3,(H3,21,22,23);1H.